The van der Waals surface area contributed by atoms with Crippen LogP contribution in [-0.4, -0.2) is 40.8 Å². The highest BCUT2D eigenvalue weighted by atomic mass is 16.6. The quantitative estimate of drug-likeness (QED) is 0.748. The Morgan fingerprint density at radius 3 is 1.73 bits per heavy atom. The zero-order valence-corrected chi connectivity index (χ0v) is 16.3. The van der Waals surface area contributed by atoms with Gasteiger partial charge >= 0.3 is 6.09 Å². The molecule has 0 unspecified atom stereocenters. The summed E-state index contributed by atoms with van der Waals surface area (Å²) in [6, 6.07) is 0. The maximum atomic E-state index is 12.4. The van der Waals surface area contributed by atoms with Crippen molar-refractivity contribution in [3.8, 4) is 0 Å². The molecule has 0 rings (SSSR count). The van der Waals surface area contributed by atoms with E-state index in [0.717, 1.165) is 25.8 Å². The molecule has 0 bridgehead atoms. The van der Waals surface area contributed by atoms with Crippen LogP contribution in [0.5, 0.6) is 0 Å². The highest BCUT2D eigenvalue weighted by Gasteiger charge is 2.31. The summed E-state index contributed by atoms with van der Waals surface area (Å²) in [4.78, 5) is 14.3. The number of carbonyl (C=O) groups is 1. The normalized spacial score (nSPS) is 13.1. The molecule has 132 valence electrons. The summed E-state index contributed by atoms with van der Waals surface area (Å²) in [7, 11) is 0. The lowest BCUT2D eigenvalue weighted by Gasteiger charge is -2.38. The van der Waals surface area contributed by atoms with E-state index in [1.54, 1.807) is 0 Å². The van der Waals surface area contributed by atoms with Crippen LogP contribution in [0, 0.1) is 0 Å². The monoisotopic (exact) mass is 314 g/mol. The van der Waals surface area contributed by atoms with E-state index in [-0.39, 0.29) is 17.2 Å². The minimum Gasteiger partial charge on any atom is -0.444 e. The predicted octanol–water partition coefficient (Wildman–Crippen LogP) is 4.58. The summed E-state index contributed by atoms with van der Waals surface area (Å²) in [5.74, 6) is 0. The Kier molecular flexibility index (Phi) is 7.90. The van der Waals surface area contributed by atoms with Crippen LogP contribution in [0.4, 0.5) is 4.79 Å². The van der Waals surface area contributed by atoms with E-state index in [1.165, 1.54) is 0 Å². The molecule has 0 aromatic rings. The Hall–Kier alpha value is -0.770. The van der Waals surface area contributed by atoms with Crippen molar-refractivity contribution in [2.45, 2.75) is 98.3 Å². The molecule has 0 aliphatic heterocycles. The van der Waals surface area contributed by atoms with E-state index in [9.17, 15) is 4.79 Å². The van der Waals surface area contributed by atoms with E-state index in [0.29, 0.717) is 6.54 Å². The van der Waals surface area contributed by atoms with Crippen molar-refractivity contribution in [2.75, 3.05) is 13.1 Å². The minimum absolute atomic E-state index is 0.178. The van der Waals surface area contributed by atoms with Crippen molar-refractivity contribution in [1.82, 2.24) is 10.2 Å². The van der Waals surface area contributed by atoms with Gasteiger partial charge < -0.3 is 15.0 Å². The highest BCUT2D eigenvalue weighted by molar-refractivity contribution is 5.69. The standard InChI is InChI=1S/C18H38N2O2/c1-10-18(11-2,12-3)19-13-14-20(16(4,5)6)15(21)22-17(7,8)9/h19H,10-14H2,1-9H3. The average molecular weight is 315 g/mol. The number of ether oxygens (including phenoxy) is 1. The number of rotatable bonds is 7. The third-order valence-electron chi connectivity index (χ3n) is 4.29. The van der Waals surface area contributed by atoms with Gasteiger partial charge in [0.2, 0.25) is 0 Å². The van der Waals surface area contributed by atoms with Gasteiger partial charge in [0.15, 0.2) is 0 Å². The molecule has 22 heavy (non-hydrogen) atoms. The van der Waals surface area contributed by atoms with Gasteiger partial charge in [-0.25, -0.2) is 4.79 Å². The highest BCUT2D eigenvalue weighted by Crippen LogP contribution is 2.20. The number of carbonyl (C=O) groups excluding carboxylic acids is 1. The smallest absolute Gasteiger partial charge is 0.410 e. The van der Waals surface area contributed by atoms with Crippen molar-refractivity contribution in [1.29, 1.82) is 0 Å². The predicted molar refractivity (Wildman–Crippen MR) is 94.3 cm³/mol. The fourth-order valence-corrected chi connectivity index (χ4v) is 2.58. The lowest BCUT2D eigenvalue weighted by Crippen LogP contribution is -2.53. The summed E-state index contributed by atoms with van der Waals surface area (Å²) in [6.07, 6.45) is 3.06. The summed E-state index contributed by atoms with van der Waals surface area (Å²) >= 11 is 0. The van der Waals surface area contributed by atoms with Crippen LogP contribution in [0.25, 0.3) is 0 Å². The Morgan fingerprint density at radius 1 is 0.955 bits per heavy atom. The lowest BCUT2D eigenvalue weighted by atomic mass is 9.90. The van der Waals surface area contributed by atoms with E-state index in [4.69, 9.17) is 4.74 Å². The maximum Gasteiger partial charge on any atom is 0.410 e. The molecule has 0 aliphatic carbocycles. The van der Waals surface area contributed by atoms with E-state index >= 15 is 0 Å². The molecule has 0 aliphatic rings. The van der Waals surface area contributed by atoms with E-state index in [2.05, 4.69) is 26.1 Å². The van der Waals surface area contributed by atoms with Crippen molar-refractivity contribution >= 4 is 6.09 Å². The summed E-state index contributed by atoms with van der Waals surface area (Å²) in [5, 5.41) is 3.65. The van der Waals surface area contributed by atoms with Crippen LogP contribution in [0.3, 0.4) is 0 Å². The molecule has 0 radical (unpaired) electrons. The number of amides is 1. The molecule has 0 aromatic carbocycles. The Balaban J connectivity index is 4.80. The summed E-state index contributed by atoms with van der Waals surface area (Å²) < 4.78 is 5.55. The molecule has 0 saturated carbocycles. The first-order valence-electron chi connectivity index (χ1n) is 8.66. The second-order valence-corrected chi connectivity index (χ2v) is 8.07. The zero-order chi connectivity index (χ0) is 17.6. The lowest BCUT2D eigenvalue weighted by molar-refractivity contribution is 0.00598. The summed E-state index contributed by atoms with van der Waals surface area (Å²) in [5.41, 5.74) is -0.539. The first kappa shape index (κ1) is 21.2. The van der Waals surface area contributed by atoms with Crippen LogP contribution in [0.1, 0.15) is 81.6 Å². The van der Waals surface area contributed by atoms with Crippen LogP contribution >= 0.6 is 0 Å². The van der Waals surface area contributed by atoms with Gasteiger partial charge in [0.25, 0.3) is 0 Å². The first-order chi connectivity index (χ1) is 9.90. The van der Waals surface area contributed by atoms with Gasteiger partial charge in [0.1, 0.15) is 5.60 Å². The van der Waals surface area contributed by atoms with Gasteiger partial charge in [-0.05, 0) is 60.8 Å². The maximum absolute atomic E-state index is 12.4. The molecule has 0 spiro atoms. The number of hydrogen-bond acceptors (Lipinski definition) is 3. The van der Waals surface area contributed by atoms with E-state index < -0.39 is 5.60 Å². The van der Waals surface area contributed by atoms with Gasteiger partial charge in [-0.15, -0.1) is 0 Å². The third-order valence-corrected chi connectivity index (χ3v) is 4.29. The third kappa shape index (κ3) is 6.99. The molecule has 0 heterocycles. The van der Waals surface area contributed by atoms with E-state index in [1.807, 2.05) is 46.4 Å². The molecule has 0 saturated heterocycles. The van der Waals surface area contributed by atoms with Gasteiger partial charge in [-0.2, -0.15) is 0 Å². The van der Waals surface area contributed by atoms with Crippen LogP contribution in [0.15, 0.2) is 0 Å². The van der Waals surface area contributed by atoms with Crippen molar-refractivity contribution in [2.24, 2.45) is 0 Å². The van der Waals surface area contributed by atoms with Crippen LogP contribution < -0.4 is 5.32 Å². The molecular weight excluding hydrogens is 276 g/mol. The Labute approximate surface area is 138 Å². The van der Waals surface area contributed by atoms with Gasteiger partial charge in [-0.1, -0.05) is 20.8 Å². The van der Waals surface area contributed by atoms with Crippen LogP contribution in [0.2, 0.25) is 0 Å². The van der Waals surface area contributed by atoms with Crippen molar-refractivity contribution < 1.29 is 9.53 Å². The second kappa shape index (κ2) is 8.19. The Morgan fingerprint density at radius 2 is 1.41 bits per heavy atom. The van der Waals surface area contributed by atoms with Crippen LogP contribution in [-0.2, 0) is 4.74 Å². The fourth-order valence-electron chi connectivity index (χ4n) is 2.58. The number of hydrogen-bond donors (Lipinski definition) is 1. The molecular formula is C18H38N2O2. The van der Waals surface area contributed by atoms with Gasteiger partial charge in [0, 0.05) is 24.2 Å². The number of nitrogens with zero attached hydrogens (tertiary/aromatic N) is 1. The molecule has 0 atom stereocenters. The topological polar surface area (TPSA) is 41.6 Å². The van der Waals surface area contributed by atoms with Crippen molar-refractivity contribution in [3.63, 3.8) is 0 Å². The van der Waals surface area contributed by atoms with Gasteiger partial charge in [-0.3, -0.25) is 0 Å². The molecule has 1 N–H and O–H groups in total. The van der Waals surface area contributed by atoms with Gasteiger partial charge in [0.05, 0.1) is 0 Å². The molecule has 4 nitrogen and oxygen atoms in total. The SMILES string of the molecule is CCC(CC)(CC)NCCN(C(=O)OC(C)(C)C)C(C)(C)C. The largest absolute Gasteiger partial charge is 0.444 e. The molecule has 1 amide bonds. The fraction of sp³-hybridized carbons (Fsp3) is 0.944. The summed E-state index contributed by atoms with van der Waals surface area (Å²) in [6.45, 7) is 19.9. The molecule has 0 aromatic heterocycles. The molecule has 0 fully saturated rings. The van der Waals surface area contributed by atoms with Crippen molar-refractivity contribution in [3.05, 3.63) is 0 Å². The zero-order valence-electron chi connectivity index (χ0n) is 16.3. The average Bonchev–Trinajstić information content (AvgIpc) is 2.36. The Bertz CT molecular complexity index is 328. The number of nitrogens with one attached hydrogen (secondary N) is 1. The molecule has 4 heteroatoms. The first-order valence-corrected chi connectivity index (χ1v) is 8.66. The second-order valence-electron chi connectivity index (χ2n) is 8.07. The minimum atomic E-state index is -0.464.